The van der Waals surface area contributed by atoms with Crippen LogP contribution in [0.4, 0.5) is 0 Å². The Balaban J connectivity index is 2.38. The maximum atomic E-state index is 12.1. The summed E-state index contributed by atoms with van der Waals surface area (Å²) in [6.07, 6.45) is 6.16. The van der Waals surface area contributed by atoms with Crippen molar-refractivity contribution < 1.29 is 9.53 Å². The Labute approximate surface area is 111 Å². The monoisotopic (exact) mass is 256 g/mol. The fourth-order valence-electron chi connectivity index (χ4n) is 2.41. The number of likely N-dealkylation sites (tertiary alicyclic amines) is 1. The van der Waals surface area contributed by atoms with Crippen LogP contribution in [-0.4, -0.2) is 42.6 Å². The van der Waals surface area contributed by atoms with Crippen molar-refractivity contribution in [1.82, 2.24) is 4.90 Å². The number of amides is 1. The van der Waals surface area contributed by atoms with Crippen molar-refractivity contribution in [2.24, 2.45) is 5.73 Å². The Kier molecular flexibility index (Phi) is 7.28. The van der Waals surface area contributed by atoms with Crippen molar-refractivity contribution in [1.29, 1.82) is 0 Å². The van der Waals surface area contributed by atoms with Gasteiger partial charge in [0.2, 0.25) is 5.91 Å². The summed E-state index contributed by atoms with van der Waals surface area (Å²) in [5, 5.41) is 0. The third-order valence-corrected chi connectivity index (χ3v) is 3.46. The first-order valence-electron chi connectivity index (χ1n) is 7.35. The zero-order chi connectivity index (χ0) is 13.4. The minimum atomic E-state index is -0.317. The minimum Gasteiger partial charge on any atom is -0.378 e. The van der Waals surface area contributed by atoms with Crippen molar-refractivity contribution in [3.05, 3.63) is 0 Å². The van der Waals surface area contributed by atoms with E-state index in [0.717, 1.165) is 58.2 Å². The predicted molar refractivity (Wildman–Crippen MR) is 73.3 cm³/mol. The summed E-state index contributed by atoms with van der Waals surface area (Å²) in [5.41, 5.74) is 5.90. The molecule has 0 saturated carbocycles. The molecule has 1 amide bonds. The van der Waals surface area contributed by atoms with Crippen molar-refractivity contribution in [2.45, 2.75) is 64.5 Å². The lowest BCUT2D eigenvalue weighted by molar-refractivity contribution is -0.132. The van der Waals surface area contributed by atoms with E-state index in [1.165, 1.54) is 0 Å². The lowest BCUT2D eigenvalue weighted by Gasteiger charge is -2.24. The lowest BCUT2D eigenvalue weighted by atomic mass is 10.1. The van der Waals surface area contributed by atoms with E-state index < -0.39 is 0 Å². The summed E-state index contributed by atoms with van der Waals surface area (Å²) >= 11 is 0. The molecule has 106 valence electrons. The number of rotatable bonds is 6. The van der Waals surface area contributed by atoms with E-state index in [2.05, 4.69) is 13.8 Å². The van der Waals surface area contributed by atoms with Crippen molar-refractivity contribution in [2.75, 3.05) is 19.7 Å². The molecule has 1 fully saturated rings. The fourth-order valence-corrected chi connectivity index (χ4v) is 2.41. The molecule has 1 saturated heterocycles. The predicted octanol–water partition coefficient (Wildman–Crippen LogP) is 1.92. The van der Waals surface area contributed by atoms with Crippen LogP contribution >= 0.6 is 0 Å². The van der Waals surface area contributed by atoms with Gasteiger partial charge in [0.1, 0.15) is 0 Å². The van der Waals surface area contributed by atoms with Crippen molar-refractivity contribution >= 4 is 5.91 Å². The van der Waals surface area contributed by atoms with Gasteiger partial charge < -0.3 is 15.4 Å². The van der Waals surface area contributed by atoms with Gasteiger partial charge in [-0.3, -0.25) is 4.79 Å². The SMILES string of the molecule is CCCOC1CCCN(C(=O)C(N)CCC)CC1. The quantitative estimate of drug-likeness (QED) is 0.790. The minimum absolute atomic E-state index is 0.119. The van der Waals surface area contributed by atoms with Gasteiger partial charge in [0.05, 0.1) is 12.1 Å². The van der Waals surface area contributed by atoms with Gasteiger partial charge in [0.15, 0.2) is 0 Å². The third kappa shape index (κ3) is 4.94. The summed E-state index contributed by atoms with van der Waals surface area (Å²) in [5.74, 6) is 0.119. The van der Waals surface area contributed by atoms with Crippen LogP contribution in [0.3, 0.4) is 0 Å². The highest BCUT2D eigenvalue weighted by atomic mass is 16.5. The number of nitrogens with two attached hydrogens (primary N) is 1. The van der Waals surface area contributed by atoms with Gasteiger partial charge >= 0.3 is 0 Å². The standard InChI is InChI=1S/C14H28N2O2/c1-3-6-13(15)14(17)16-9-5-7-12(8-10-16)18-11-4-2/h12-13H,3-11,15H2,1-2H3. The van der Waals surface area contributed by atoms with Gasteiger partial charge in [-0.1, -0.05) is 20.3 Å². The van der Waals surface area contributed by atoms with Crippen LogP contribution in [0.25, 0.3) is 0 Å². The second kappa shape index (κ2) is 8.48. The van der Waals surface area contributed by atoms with E-state index in [4.69, 9.17) is 10.5 Å². The molecule has 0 aromatic carbocycles. The molecule has 2 atom stereocenters. The molecule has 0 aliphatic carbocycles. The Morgan fingerprint density at radius 3 is 2.78 bits per heavy atom. The summed E-state index contributed by atoms with van der Waals surface area (Å²) in [7, 11) is 0. The molecule has 1 aliphatic heterocycles. The number of carbonyl (C=O) groups is 1. The topological polar surface area (TPSA) is 55.6 Å². The Morgan fingerprint density at radius 1 is 1.33 bits per heavy atom. The summed E-state index contributed by atoms with van der Waals surface area (Å²) in [6.45, 7) is 6.64. The first-order valence-corrected chi connectivity index (χ1v) is 7.35. The Hall–Kier alpha value is -0.610. The first kappa shape index (κ1) is 15.4. The number of carbonyl (C=O) groups excluding carboxylic acids is 1. The number of nitrogens with zero attached hydrogens (tertiary/aromatic N) is 1. The van der Waals surface area contributed by atoms with Crippen LogP contribution in [0.15, 0.2) is 0 Å². The van der Waals surface area contributed by atoms with E-state index in [1.807, 2.05) is 4.90 Å². The zero-order valence-electron chi connectivity index (χ0n) is 11.9. The maximum absolute atomic E-state index is 12.1. The molecular formula is C14H28N2O2. The molecule has 0 aromatic heterocycles. The molecular weight excluding hydrogens is 228 g/mol. The van der Waals surface area contributed by atoms with Crippen LogP contribution in [0.5, 0.6) is 0 Å². The third-order valence-electron chi connectivity index (χ3n) is 3.46. The Bertz CT molecular complexity index is 246. The van der Waals surface area contributed by atoms with E-state index in [1.54, 1.807) is 0 Å². The molecule has 4 heteroatoms. The van der Waals surface area contributed by atoms with Crippen molar-refractivity contribution in [3.63, 3.8) is 0 Å². The number of hydrogen-bond acceptors (Lipinski definition) is 3. The average Bonchev–Trinajstić information content (AvgIpc) is 2.61. The summed E-state index contributed by atoms with van der Waals surface area (Å²) < 4.78 is 5.78. The highest BCUT2D eigenvalue weighted by Gasteiger charge is 2.24. The zero-order valence-corrected chi connectivity index (χ0v) is 11.9. The van der Waals surface area contributed by atoms with Crippen molar-refractivity contribution in [3.8, 4) is 0 Å². The molecule has 0 spiro atoms. The highest BCUT2D eigenvalue weighted by molar-refractivity contribution is 5.81. The van der Waals surface area contributed by atoms with Gasteiger partial charge in [-0.25, -0.2) is 0 Å². The normalized spacial score (nSPS) is 22.6. The second-order valence-corrected chi connectivity index (χ2v) is 5.14. The first-order chi connectivity index (χ1) is 8.69. The van der Waals surface area contributed by atoms with Crippen LogP contribution in [-0.2, 0) is 9.53 Å². The van der Waals surface area contributed by atoms with E-state index in [-0.39, 0.29) is 11.9 Å². The van der Waals surface area contributed by atoms with Gasteiger partial charge in [0.25, 0.3) is 0 Å². The molecule has 0 bridgehead atoms. The number of ether oxygens (including phenoxy) is 1. The molecule has 18 heavy (non-hydrogen) atoms. The molecule has 2 N–H and O–H groups in total. The van der Waals surface area contributed by atoms with Crippen LogP contribution in [0.1, 0.15) is 52.4 Å². The Morgan fingerprint density at radius 2 is 2.11 bits per heavy atom. The maximum Gasteiger partial charge on any atom is 0.239 e. The van der Waals surface area contributed by atoms with Gasteiger partial charge in [-0.05, 0) is 32.1 Å². The van der Waals surface area contributed by atoms with Gasteiger partial charge in [-0.2, -0.15) is 0 Å². The second-order valence-electron chi connectivity index (χ2n) is 5.14. The van der Waals surface area contributed by atoms with E-state index in [0.29, 0.717) is 6.10 Å². The van der Waals surface area contributed by atoms with Gasteiger partial charge in [0, 0.05) is 19.7 Å². The largest absolute Gasteiger partial charge is 0.378 e. The molecule has 2 unspecified atom stereocenters. The van der Waals surface area contributed by atoms with Crippen LogP contribution in [0, 0.1) is 0 Å². The smallest absolute Gasteiger partial charge is 0.239 e. The molecule has 1 rings (SSSR count). The molecule has 4 nitrogen and oxygen atoms in total. The van der Waals surface area contributed by atoms with Crippen LogP contribution < -0.4 is 5.73 Å². The molecule has 0 radical (unpaired) electrons. The number of hydrogen-bond donors (Lipinski definition) is 1. The summed E-state index contributed by atoms with van der Waals surface area (Å²) in [6, 6.07) is -0.317. The van der Waals surface area contributed by atoms with Gasteiger partial charge in [-0.15, -0.1) is 0 Å². The summed E-state index contributed by atoms with van der Waals surface area (Å²) in [4.78, 5) is 14.0. The molecule has 1 heterocycles. The fraction of sp³-hybridized carbons (Fsp3) is 0.929. The van der Waals surface area contributed by atoms with Crippen LogP contribution in [0.2, 0.25) is 0 Å². The average molecular weight is 256 g/mol. The van der Waals surface area contributed by atoms with E-state index >= 15 is 0 Å². The molecule has 1 aliphatic rings. The molecule has 0 aromatic rings. The van der Waals surface area contributed by atoms with E-state index in [9.17, 15) is 4.79 Å². The highest BCUT2D eigenvalue weighted by Crippen LogP contribution is 2.15. The lowest BCUT2D eigenvalue weighted by Crippen LogP contribution is -2.44.